The van der Waals surface area contributed by atoms with E-state index >= 15 is 0 Å². The first-order valence-electron chi connectivity index (χ1n) is 10.2. The van der Waals surface area contributed by atoms with E-state index in [-0.39, 0.29) is 0 Å². The minimum atomic E-state index is 0.593. The molecular weight excluding hydrogens is 330 g/mol. The van der Waals surface area contributed by atoms with Gasteiger partial charge in [-0.15, -0.1) is 12.6 Å². The maximum Gasteiger partial charge on any atom is 0.133 e. The molecule has 1 nitrogen and oxygen atoms in total. The summed E-state index contributed by atoms with van der Waals surface area (Å²) in [6.45, 7) is 14.4. The molecule has 6 unspecified atom stereocenters. The molecule has 0 amide bonds. The molecule has 0 spiro atoms. The van der Waals surface area contributed by atoms with Crippen LogP contribution in [0, 0.1) is 35.5 Å². The number of hydrogen-bond acceptors (Lipinski definition) is 1. The number of hydrogen-bond donors (Lipinski definition) is 1. The van der Waals surface area contributed by atoms with Gasteiger partial charge in [-0.1, -0.05) is 66.6 Å². The molecule has 0 aromatic carbocycles. The highest BCUT2D eigenvalue weighted by molar-refractivity contribution is 8.10. The molecule has 0 aromatic rings. The van der Waals surface area contributed by atoms with Gasteiger partial charge in [-0.05, 0) is 61.2 Å². The SMILES string of the molecule is CC1CCC(C(C)C)C(N(C(=S)S)C2CC(C)CCC2C(C)C)C1. The van der Waals surface area contributed by atoms with Crippen molar-refractivity contribution >= 4 is 29.2 Å². The average molecular weight is 370 g/mol. The molecule has 0 bridgehead atoms. The van der Waals surface area contributed by atoms with Crippen LogP contribution in [0.25, 0.3) is 0 Å². The summed E-state index contributed by atoms with van der Waals surface area (Å²) in [6, 6.07) is 1.19. The normalized spacial score (nSPS) is 37.7. The van der Waals surface area contributed by atoms with E-state index in [4.69, 9.17) is 24.8 Å². The fourth-order valence-electron chi connectivity index (χ4n) is 5.47. The molecule has 0 radical (unpaired) electrons. The summed E-state index contributed by atoms with van der Waals surface area (Å²) in [7, 11) is 0. The zero-order chi connectivity index (χ0) is 18.0. The van der Waals surface area contributed by atoms with E-state index in [1.54, 1.807) is 0 Å². The second-order valence-electron chi connectivity index (χ2n) is 9.48. The topological polar surface area (TPSA) is 3.24 Å². The van der Waals surface area contributed by atoms with Crippen LogP contribution in [0.2, 0.25) is 0 Å². The molecule has 2 aliphatic carbocycles. The number of thiocarbonyl (C=S) groups is 1. The van der Waals surface area contributed by atoms with Crippen LogP contribution in [0.3, 0.4) is 0 Å². The fourth-order valence-corrected chi connectivity index (χ4v) is 6.04. The Hall–Kier alpha value is 0.240. The quantitative estimate of drug-likeness (QED) is 0.449. The maximum absolute atomic E-state index is 5.73. The molecular formula is C21H39NS2. The van der Waals surface area contributed by atoms with Crippen molar-refractivity contribution < 1.29 is 0 Å². The van der Waals surface area contributed by atoms with Crippen LogP contribution < -0.4 is 0 Å². The van der Waals surface area contributed by atoms with Gasteiger partial charge in [0.1, 0.15) is 4.32 Å². The molecule has 0 aliphatic heterocycles. The van der Waals surface area contributed by atoms with Gasteiger partial charge in [-0.25, -0.2) is 0 Å². The molecule has 0 saturated heterocycles. The molecule has 3 heteroatoms. The Labute approximate surface area is 161 Å². The molecule has 140 valence electrons. The zero-order valence-electron chi connectivity index (χ0n) is 16.7. The van der Waals surface area contributed by atoms with Crippen molar-refractivity contribution in [1.82, 2.24) is 4.90 Å². The summed E-state index contributed by atoms with van der Waals surface area (Å²) < 4.78 is 0.851. The van der Waals surface area contributed by atoms with Gasteiger partial charge >= 0.3 is 0 Å². The van der Waals surface area contributed by atoms with E-state index in [2.05, 4.69) is 46.4 Å². The lowest BCUT2D eigenvalue weighted by Gasteiger charge is -2.52. The Morgan fingerprint density at radius 2 is 1.21 bits per heavy atom. The molecule has 0 N–H and O–H groups in total. The Kier molecular flexibility index (Phi) is 7.49. The number of thiol groups is 1. The number of rotatable bonds is 4. The summed E-state index contributed by atoms with van der Waals surface area (Å²) in [4.78, 5) is 2.62. The van der Waals surface area contributed by atoms with E-state index in [9.17, 15) is 0 Å². The largest absolute Gasteiger partial charge is 0.351 e. The highest BCUT2D eigenvalue weighted by atomic mass is 32.1. The molecule has 2 saturated carbocycles. The average Bonchev–Trinajstić information content (AvgIpc) is 2.46. The van der Waals surface area contributed by atoms with Gasteiger partial charge < -0.3 is 4.90 Å². The summed E-state index contributed by atoms with van der Waals surface area (Å²) in [5.74, 6) is 4.60. The highest BCUT2D eigenvalue weighted by Gasteiger charge is 2.42. The monoisotopic (exact) mass is 369 g/mol. The maximum atomic E-state index is 5.73. The summed E-state index contributed by atoms with van der Waals surface area (Å²) >= 11 is 10.5. The summed E-state index contributed by atoms with van der Waals surface area (Å²) in [5, 5.41) is 0. The predicted octanol–water partition coefficient (Wildman–Crippen LogP) is 6.42. The Balaban J connectivity index is 2.32. The fraction of sp³-hybridized carbons (Fsp3) is 0.952. The molecule has 2 fully saturated rings. The third-order valence-electron chi connectivity index (χ3n) is 6.91. The van der Waals surface area contributed by atoms with Gasteiger partial charge in [0.2, 0.25) is 0 Å². The Morgan fingerprint density at radius 3 is 1.50 bits per heavy atom. The minimum absolute atomic E-state index is 0.593. The van der Waals surface area contributed by atoms with Crippen molar-refractivity contribution in [3.8, 4) is 0 Å². The van der Waals surface area contributed by atoms with Crippen LogP contribution in [-0.2, 0) is 0 Å². The third kappa shape index (κ3) is 4.69. The van der Waals surface area contributed by atoms with E-state index < -0.39 is 0 Å². The first-order chi connectivity index (χ1) is 11.2. The van der Waals surface area contributed by atoms with Gasteiger partial charge in [-0.3, -0.25) is 0 Å². The first kappa shape index (κ1) is 20.6. The lowest BCUT2D eigenvalue weighted by molar-refractivity contribution is 0.0283. The summed E-state index contributed by atoms with van der Waals surface area (Å²) in [5.41, 5.74) is 0. The van der Waals surface area contributed by atoms with Gasteiger partial charge in [0.25, 0.3) is 0 Å². The van der Waals surface area contributed by atoms with Crippen LogP contribution >= 0.6 is 24.8 Å². The second-order valence-corrected chi connectivity index (χ2v) is 10.6. The van der Waals surface area contributed by atoms with Crippen molar-refractivity contribution in [3.05, 3.63) is 0 Å². The molecule has 0 heterocycles. The van der Waals surface area contributed by atoms with Crippen LogP contribution in [0.5, 0.6) is 0 Å². The molecule has 2 aliphatic rings. The summed E-state index contributed by atoms with van der Waals surface area (Å²) in [6.07, 6.45) is 8.04. The lowest BCUT2D eigenvalue weighted by atomic mass is 9.69. The van der Waals surface area contributed by atoms with Gasteiger partial charge in [0.15, 0.2) is 0 Å². The van der Waals surface area contributed by atoms with Crippen LogP contribution in [0.1, 0.15) is 80.1 Å². The van der Waals surface area contributed by atoms with Crippen LogP contribution in [-0.4, -0.2) is 21.3 Å². The van der Waals surface area contributed by atoms with E-state index in [0.29, 0.717) is 12.1 Å². The number of nitrogens with zero attached hydrogens (tertiary/aromatic N) is 1. The smallest absolute Gasteiger partial charge is 0.133 e. The minimum Gasteiger partial charge on any atom is -0.351 e. The third-order valence-corrected chi connectivity index (χ3v) is 7.35. The zero-order valence-corrected chi connectivity index (χ0v) is 18.4. The van der Waals surface area contributed by atoms with Gasteiger partial charge in [-0.2, -0.15) is 0 Å². The second kappa shape index (κ2) is 8.75. The molecule has 2 rings (SSSR count). The van der Waals surface area contributed by atoms with Crippen molar-refractivity contribution in [2.75, 3.05) is 0 Å². The lowest BCUT2D eigenvalue weighted by Crippen LogP contribution is -2.56. The molecule has 0 aromatic heterocycles. The van der Waals surface area contributed by atoms with E-state index in [1.165, 1.54) is 38.5 Å². The van der Waals surface area contributed by atoms with Crippen LogP contribution in [0.15, 0.2) is 0 Å². The molecule has 6 atom stereocenters. The Bertz CT molecular complexity index is 388. The first-order valence-corrected chi connectivity index (χ1v) is 11.1. The standard InChI is InChI=1S/C21H39NS2/c1-13(2)17-9-7-15(5)11-19(17)22(21(23)24)20-12-16(6)8-10-18(20)14(3)4/h13-20H,7-12H2,1-6H3,(H,23,24). The van der Waals surface area contributed by atoms with Crippen molar-refractivity contribution in [1.29, 1.82) is 0 Å². The van der Waals surface area contributed by atoms with Crippen molar-refractivity contribution in [3.63, 3.8) is 0 Å². The predicted molar refractivity (Wildman–Crippen MR) is 114 cm³/mol. The van der Waals surface area contributed by atoms with E-state index in [0.717, 1.165) is 39.8 Å². The molecule has 24 heavy (non-hydrogen) atoms. The van der Waals surface area contributed by atoms with Gasteiger partial charge in [0.05, 0.1) is 0 Å². The van der Waals surface area contributed by atoms with Crippen molar-refractivity contribution in [2.24, 2.45) is 35.5 Å². The van der Waals surface area contributed by atoms with Gasteiger partial charge in [0, 0.05) is 12.1 Å². The van der Waals surface area contributed by atoms with Crippen LogP contribution in [0.4, 0.5) is 0 Å². The Morgan fingerprint density at radius 1 is 0.833 bits per heavy atom. The highest BCUT2D eigenvalue weighted by Crippen LogP contribution is 2.43. The van der Waals surface area contributed by atoms with Crippen molar-refractivity contribution in [2.45, 2.75) is 92.2 Å². The van der Waals surface area contributed by atoms with E-state index in [1.807, 2.05) is 0 Å².